The van der Waals surface area contributed by atoms with Gasteiger partial charge in [0.15, 0.2) is 0 Å². The fourth-order valence-corrected chi connectivity index (χ4v) is 3.08. The Balaban J connectivity index is 1.68. The van der Waals surface area contributed by atoms with Crippen LogP contribution in [0.25, 0.3) is 10.8 Å². The summed E-state index contributed by atoms with van der Waals surface area (Å²) in [6, 6.07) is 14.3. The van der Waals surface area contributed by atoms with E-state index in [0.717, 1.165) is 35.9 Å². The molecular formula is C20H25NO3. The van der Waals surface area contributed by atoms with Crippen LogP contribution in [0.4, 0.5) is 4.79 Å². The highest BCUT2D eigenvalue weighted by Crippen LogP contribution is 2.27. The van der Waals surface area contributed by atoms with Crippen molar-refractivity contribution in [1.82, 2.24) is 4.90 Å². The van der Waals surface area contributed by atoms with Crippen LogP contribution >= 0.6 is 0 Å². The number of carbonyl (C=O) groups is 1. The van der Waals surface area contributed by atoms with Gasteiger partial charge in [0.05, 0.1) is 6.04 Å². The molecule has 2 aromatic rings. The maximum absolute atomic E-state index is 12.3. The van der Waals surface area contributed by atoms with Crippen LogP contribution in [0.1, 0.15) is 33.6 Å². The van der Waals surface area contributed by atoms with Crippen LogP contribution < -0.4 is 4.74 Å². The Morgan fingerprint density at radius 1 is 1.17 bits per heavy atom. The number of hydrogen-bond donors (Lipinski definition) is 0. The number of benzene rings is 2. The Labute approximate surface area is 143 Å². The van der Waals surface area contributed by atoms with E-state index in [0.29, 0.717) is 6.61 Å². The smallest absolute Gasteiger partial charge is 0.410 e. The molecule has 0 saturated carbocycles. The third kappa shape index (κ3) is 3.81. The molecule has 0 bridgehead atoms. The van der Waals surface area contributed by atoms with E-state index in [4.69, 9.17) is 9.47 Å². The molecule has 1 aliphatic rings. The van der Waals surface area contributed by atoms with Crippen molar-refractivity contribution in [2.75, 3.05) is 13.2 Å². The summed E-state index contributed by atoms with van der Waals surface area (Å²) in [4.78, 5) is 14.1. The molecule has 24 heavy (non-hydrogen) atoms. The Morgan fingerprint density at radius 3 is 2.71 bits per heavy atom. The molecule has 2 aromatic carbocycles. The van der Waals surface area contributed by atoms with Crippen LogP contribution in [-0.2, 0) is 4.74 Å². The van der Waals surface area contributed by atoms with Crippen LogP contribution in [-0.4, -0.2) is 35.8 Å². The molecule has 0 spiro atoms. The first kappa shape index (κ1) is 16.6. The topological polar surface area (TPSA) is 38.8 Å². The lowest BCUT2D eigenvalue weighted by Gasteiger charge is -2.28. The third-order valence-corrected chi connectivity index (χ3v) is 4.19. The van der Waals surface area contributed by atoms with Gasteiger partial charge < -0.3 is 14.4 Å². The van der Waals surface area contributed by atoms with Gasteiger partial charge in [-0.1, -0.05) is 36.4 Å². The van der Waals surface area contributed by atoms with Crippen molar-refractivity contribution in [3.8, 4) is 5.75 Å². The highest BCUT2D eigenvalue weighted by Gasteiger charge is 2.32. The molecule has 128 valence electrons. The van der Waals surface area contributed by atoms with E-state index in [-0.39, 0.29) is 12.1 Å². The van der Waals surface area contributed by atoms with Crippen molar-refractivity contribution >= 4 is 16.9 Å². The first-order chi connectivity index (χ1) is 11.4. The van der Waals surface area contributed by atoms with Gasteiger partial charge in [-0.3, -0.25) is 0 Å². The average Bonchev–Trinajstić information content (AvgIpc) is 3.00. The standard InChI is InChI=1S/C20H25NO3/c1-20(2,3)24-19(22)21-13-7-10-16(21)14-23-18-12-6-9-15-8-4-5-11-17(15)18/h4-6,8-9,11-12,16H,7,10,13-14H2,1-3H3/t16-/m1/s1. The van der Waals surface area contributed by atoms with Gasteiger partial charge in [0.1, 0.15) is 18.0 Å². The van der Waals surface area contributed by atoms with Crippen molar-refractivity contribution in [3.05, 3.63) is 42.5 Å². The van der Waals surface area contributed by atoms with Crippen LogP contribution in [0.2, 0.25) is 0 Å². The van der Waals surface area contributed by atoms with Gasteiger partial charge in [0, 0.05) is 11.9 Å². The first-order valence-corrected chi connectivity index (χ1v) is 8.54. The molecule has 3 rings (SSSR count). The van der Waals surface area contributed by atoms with Crippen LogP contribution in [0.15, 0.2) is 42.5 Å². The zero-order valence-electron chi connectivity index (χ0n) is 14.6. The maximum Gasteiger partial charge on any atom is 0.410 e. The van der Waals surface area contributed by atoms with Crippen LogP contribution in [0.3, 0.4) is 0 Å². The second-order valence-corrected chi connectivity index (χ2v) is 7.26. The van der Waals surface area contributed by atoms with Gasteiger partial charge in [-0.05, 0) is 45.1 Å². The fourth-order valence-electron chi connectivity index (χ4n) is 3.08. The summed E-state index contributed by atoms with van der Waals surface area (Å²) in [5.41, 5.74) is -0.472. The molecule has 1 aliphatic heterocycles. The number of rotatable bonds is 3. The molecule has 1 saturated heterocycles. The highest BCUT2D eigenvalue weighted by atomic mass is 16.6. The second-order valence-electron chi connectivity index (χ2n) is 7.26. The summed E-state index contributed by atoms with van der Waals surface area (Å²) in [7, 11) is 0. The van der Waals surface area contributed by atoms with Crippen LogP contribution in [0, 0.1) is 0 Å². The summed E-state index contributed by atoms with van der Waals surface area (Å²) in [6.07, 6.45) is 1.69. The van der Waals surface area contributed by atoms with E-state index < -0.39 is 5.60 Å². The molecule has 0 radical (unpaired) electrons. The fraction of sp³-hybridized carbons (Fsp3) is 0.450. The summed E-state index contributed by atoms with van der Waals surface area (Å²) in [6.45, 7) is 6.90. The molecule has 0 aromatic heterocycles. The molecule has 0 aliphatic carbocycles. The number of hydrogen-bond acceptors (Lipinski definition) is 3. The summed E-state index contributed by atoms with van der Waals surface area (Å²) in [5, 5.41) is 2.26. The van der Waals surface area contributed by atoms with E-state index in [1.165, 1.54) is 0 Å². The number of amides is 1. The lowest BCUT2D eigenvalue weighted by atomic mass is 10.1. The average molecular weight is 327 g/mol. The SMILES string of the molecule is CC(C)(C)OC(=O)N1CCC[C@@H]1COc1cccc2ccccc12. The Bertz CT molecular complexity index is 715. The monoisotopic (exact) mass is 327 g/mol. The molecule has 4 heteroatoms. The van der Waals surface area contributed by atoms with E-state index in [2.05, 4.69) is 18.2 Å². The number of ether oxygens (including phenoxy) is 2. The molecule has 4 nitrogen and oxygen atoms in total. The van der Waals surface area contributed by atoms with Crippen molar-refractivity contribution in [1.29, 1.82) is 0 Å². The highest BCUT2D eigenvalue weighted by molar-refractivity contribution is 5.88. The van der Waals surface area contributed by atoms with Crippen molar-refractivity contribution in [3.63, 3.8) is 0 Å². The number of carbonyl (C=O) groups excluding carboxylic acids is 1. The largest absolute Gasteiger partial charge is 0.491 e. The zero-order chi connectivity index (χ0) is 17.2. The van der Waals surface area contributed by atoms with Gasteiger partial charge in [0.25, 0.3) is 0 Å². The predicted molar refractivity (Wildman–Crippen MR) is 95.4 cm³/mol. The maximum atomic E-state index is 12.3. The van der Waals surface area contributed by atoms with E-state index in [1.807, 2.05) is 45.0 Å². The number of fused-ring (bicyclic) bond motifs is 1. The van der Waals surface area contributed by atoms with Crippen molar-refractivity contribution in [2.45, 2.75) is 45.3 Å². The molecule has 1 fully saturated rings. The zero-order valence-corrected chi connectivity index (χ0v) is 14.6. The van der Waals surface area contributed by atoms with Crippen LogP contribution in [0.5, 0.6) is 5.75 Å². The van der Waals surface area contributed by atoms with Crippen molar-refractivity contribution < 1.29 is 14.3 Å². The van der Waals surface area contributed by atoms with Gasteiger partial charge in [-0.25, -0.2) is 4.79 Å². The van der Waals surface area contributed by atoms with Gasteiger partial charge in [-0.15, -0.1) is 0 Å². The minimum Gasteiger partial charge on any atom is -0.491 e. The van der Waals surface area contributed by atoms with Gasteiger partial charge in [-0.2, -0.15) is 0 Å². The summed E-state index contributed by atoms with van der Waals surface area (Å²) < 4.78 is 11.6. The molecule has 1 amide bonds. The quantitative estimate of drug-likeness (QED) is 0.826. The Hall–Kier alpha value is -2.23. The number of likely N-dealkylation sites (tertiary alicyclic amines) is 1. The molecular weight excluding hydrogens is 302 g/mol. The Morgan fingerprint density at radius 2 is 1.92 bits per heavy atom. The third-order valence-electron chi connectivity index (χ3n) is 4.19. The Kier molecular flexibility index (Phi) is 4.65. The lowest BCUT2D eigenvalue weighted by Crippen LogP contribution is -2.42. The van der Waals surface area contributed by atoms with E-state index >= 15 is 0 Å². The van der Waals surface area contributed by atoms with E-state index in [1.54, 1.807) is 4.90 Å². The lowest BCUT2D eigenvalue weighted by molar-refractivity contribution is 0.0188. The summed E-state index contributed by atoms with van der Waals surface area (Å²) >= 11 is 0. The van der Waals surface area contributed by atoms with Gasteiger partial charge in [0.2, 0.25) is 0 Å². The van der Waals surface area contributed by atoms with Gasteiger partial charge >= 0.3 is 6.09 Å². The molecule has 0 N–H and O–H groups in total. The second kappa shape index (κ2) is 6.71. The molecule has 1 heterocycles. The molecule has 0 unspecified atom stereocenters. The normalized spacial score (nSPS) is 18.0. The first-order valence-electron chi connectivity index (χ1n) is 8.54. The summed E-state index contributed by atoms with van der Waals surface area (Å²) in [5.74, 6) is 0.865. The van der Waals surface area contributed by atoms with E-state index in [9.17, 15) is 4.79 Å². The van der Waals surface area contributed by atoms with Crippen molar-refractivity contribution in [2.24, 2.45) is 0 Å². The minimum atomic E-state index is -0.472. The number of nitrogens with zero attached hydrogens (tertiary/aromatic N) is 1. The predicted octanol–water partition coefficient (Wildman–Crippen LogP) is 4.62. The molecule has 1 atom stereocenters. The minimum absolute atomic E-state index is 0.0684.